The molecule has 1 aliphatic rings. The molecule has 2 N–H and O–H groups in total. The van der Waals surface area contributed by atoms with E-state index in [0.717, 1.165) is 18.3 Å². The molecule has 1 heteroatoms. The van der Waals surface area contributed by atoms with E-state index in [2.05, 4.69) is 49.4 Å². The summed E-state index contributed by atoms with van der Waals surface area (Å²) in [5.41, 5.74) is 7.93. The predicted octanol–water partition coefficient (Wildman–Crippen LogP) is 4.93. The number of hydrogen-bond donors (Lipinski definition) is 1. The second-order valence-electron chi connectivity index (χ2n) is 6.75. The lowest BCUT2D eigenvalue weighted by molar-refractivity contribution is 0.228. The largest absolute Gasteiger partial charge is 0.327 e. The van der Waals surface area contributed by atoms with Gasteiger partial charge >= 0.3 is 0 Å². The van der Waals surface area contributed by atoms with Crippen LogP contribution in [0.25, 0.3) is 10.8 Å². The maximum atomic E-state index is 6.54. The monoisotopic (exact) mass is 281 g/mol. The molecule has 0 amide bonds. The smallest absolute Gasteiger partial charge is 0.0108 e. The van der Waals surface area contributed by atoms with E-state index in [4.69, 9.17) is 5.73 Å². The Bertz CT molecular complexity index is 589. The van der Waals surface area contributed by atoms with Gasteiger partial charge in [0.2, 0.25) is 0 Å². The highest BCUT2D eigenvalue weighted by Crippen LogP contribution is 2.33. The Morgan fingerprint density at radius 3 is 2.71 bits per heavy atom. The van der Waals surface area contributed by atoms with Crippen molar-refractivity contribution in [1.82, 2.24) is 0 Å². The zero-order valence-electron chi connectivity index (χ0n) is 13.1. The van der Waals surface area contributed by atoms with Crippen LogP contribution in [0.4, 0.5) is 0 Å². The predicted molar refractivity (Wildman–Crippen MR) is 91.4 cm³/mol. The Kier molecular flexibility index (Phi) is 4.60. The van der Waals surface area contributed by atoms with Gasteiger partial charge in [-0.25, -0.2) is 0 Å². The van der Waals surface area contributed by atoms with Gasteiger partial charge in [0.25, 0.3) is 0 Å². The summed E-state index contributed by atoms with van der Waals surface area (Å²) < 4.78 is 0. The van der Waals surface area contributed by atoms with Gasteiger partial charge in [0.15, 0.2) is 0 Å². The van der Waals surface area contributed by atoms with Gasteiger partial charge in [-0.15, -0.1) is 0 Å². The first kappa shape index (κ1) is 14.6. The Morgan fingerprint density at radius 1 is 1.10 bits per heavy atom. The topological polar surface area (TPSA) is 26.0 Å². The fourth-order valence-corrected chi connectivity index (χ4v) is 3.90. The van der Waals surface area contributed by atoms with Crippen molar-refractivity contribution in [3.8, 4) is 0 Å². The highest BCUT2D eigenvalue weighted by molar-refractivity contribution is 5.82. The number of hydrogen-bond acceptors (Lipinski definition) is 1. The van der Waals surface area contributed by atoms with Gasteiger partial charge in [-0.1, -0.05) is 68.7 Å². The van der Waals surface area contributed by atoms with Crippen molar-refractivity contribution in [2.45, 2.75) is 51.5 Å². The molecule has 2 aromatic carbocycles. The minimum Gasteiger partial charge on any atom is -0.327 e. The van der Waals surface area contributed by atoms with Crippen LogP contribution in [0.3, 0.4) is 0 Å². The molecule has 3 atom stereocenters. The van der Waals surface area contributed by atoms with Crippen LogP contribution in [0.1, 0.15) is 44.6 Å². The normalized spacial score (nSPS) is 24.1. The van der Waals surface area contributed by atoms with E-state index in [1.807, 2.05) is 0 Å². The summed E-state index contributed by atoms with van der Waals surface area (Å²) in [5.74, 6) is 1.63. The summed E-state index contributed by atoms with van der Waals surface area (Å²) in [4.78, 5) is 0. The first-order chi connectivity index (χ1) is 10.3. The first-order valence-electron chi connectivity index (χ1n) is 8.49. The van der Waals surface area contributed by atoms with Gasteiger partial charge in [0, 0.05) is 6.04 Å². The lowest BCUT2D eigenvalue weighted by Gasteiger charge is -2.32. The molecule has 0 heterocycles. The van der Waals surface area contributed by atoms with Crippen molar-refractivity contribution >= 4 is 10.8 Å². The van der Waals surface area contributed by atoms with Crippen LogP contribution in [-0.2, 0) is 6.42 Å². The molecule has 1 saturated carbocycles. The van der Waals surface area contributed by atoms with Gasteiger partial charge in [0.1, 0.15) is 0 Å². The summed E-state index contributed by atoms with van der Waals surface area (Å²) in [7, 11) is 0. The molecule has 1 nitrogen and oxygen atoms in total. The van der Waals surface area contributed by atoms with E-state index in [1.165, 1.54) is 48.4 Å². The summed E-state index contributed by atoms with van der Waals surface area (Å²) in [6, 6.07) is 15.7. The van der Waals surface area contributed by atoms with Crippen LogP contribution in [0, 0.1) is 11.8 Å². The average molecular weight is 281 g/mol. The number of fused-ring (bicyclic) bond motifs is 1. The van der Waals surface area contributed by atoms with Gasteiger partial charge < -0.3 is 5.73 Å². The Hall–Kier alpha value is -1.34. The van der Waals surface area contributed by atoms with Crippen molar-refractivity contribution in [2.24, 2.45) is 17.6 Å². The SMILES string of the molecule is CCC1CCCC(C(N)Cc2ccc3ccccc3c2)C1. The summed E-state index contributed by atoms with van der Waals surface area (Å²) in [6.45, 7) is 2.32. The number of rotatable bonds is 4. The van der Waals surface area contributed by atoms with Gasteiger partial charge in [-0.2, -0.15) is 0 Å². The van der Waals surface area contributed by atoms with Crippen molar-refractivity contribution in [3.63, 3.8) is 0 Å². The molecule has 2 aromatic rings. The van der Waals surface area contributed by atoms with Crippen molar-refractivity contribution in [2.75, 3.05) is 0 Å². The maximum absolute atomic E-state index is 6.54. The molecule has 1 aliphatic carbocycles. The molecule has 0 spiro atoms. The van der Waals surface area contributed by atoms with E-state index < -0.39 is 0 Å². The molecule has 0 saturated heterocycles. The zero-order chi connectivity index (χ0) is 14.7. The van der Waals surface area contributed by atoms with E-state index in [1.54, 1.807) is 0 Å². The molecule has 21 heavy (non-hydrogen) atoms. The molecular weight excluding hydrogens is 254 g/mol. The lowest BCUT2D eigenvalue weighted by atomic mass is 9.76. The minimum absolute atomic E-state index is 0.320. The Morgan fingerprint density at radius 2 is 1.90 bits per heavy atom. The van der Waals surface area contributed by atoms with Crippen LogP contribution in [-0.4, -0.2) is 6.04 Å². The molecule has 1 fully saturated rings. The van der Waals surface area contributed by atoms with Crippen LogP contribution < -0.4 is 5.73 Å². The van der Waals surface area contributed by atoms with Crippen molar-refractivity contribution in [3.05, 3.63) is 48.0 Å². The molecular formula is C20H27N. The van der Waals surface area contributed by atoms with Crippen LogP contribution in [0.5, 0.6) is 0 Å². The fraction of sp³-hybridized carbons (Fsp3) is 0.500. The molecule has 0 radical (unpaired) electrons. The number of benzene rings is 2. The van der Waals surface area contributed by atoms with E-state index >= 15 is 0 Å². The molecule has 0 aromatic heterocycles. The summed E-state index contributed by atoms with van der Waals surface area (Å²) >= 11 is 0. The quantitative estimate of drug-likeness (QED) is 0.845. The van der Waals surface area contributed by atoms with Gasteiger partial charge in [0.05, 0.1) is 0 Å². The standard InChI is InChI=1S/C20H27N/c1-2-15-6-5-9-19(12-15)20(21)14-16-10-11-17-7-3-4-8-18(17)13-16/h3-4,7-8,10-11,13,15,19-20H,2,5-6,9,12,14,21H2,1H3. The van der Waals surface area contributed by atoms with E-state index in [9.17, 15) is 0 Å². The Balaban J connectivity index is 1.69. The Labute approximate surface area is 128 Å². The maximum Gasteiger partial charge on any atom is 0.0108 e. The third-order valence-electron chi connectivity index (χ3n) is 5.29. The molecule has 3 rings (SSSR count). The minimum atomic E-state index is 0.320. The molecule has 0 aliphatic heterocycles. The third-order valence-corrected chi connectivity index (χ3v) is 5.29. The van der Waals surface area contributed by atoms with Crippen LogP contribution in [0.2, 0.25) is 0 Å². The second-order valence-corrected chi connectivity index (χ2v) is 6.75. The van der Waals surface area contributed by atoms with Crippen molar-refractivity contribution < 1.29 is 0 Å². The third kappa shape index (κ3) is 3.47. The number of nitrogens with two attached hydrogens (primary N) is 1. The second kappa shape index (κ2) is 6.62. The van der Waals surface area contributed by atoms with Crippen LogP contribution in [0.15, 0.2) is 42.5 Å². The summed E-state index contributed by atoms with van der Waals surface area (Å²) in [6.07, 6.45) is 7.78. The van der Waals surface area contributed by atoms with E-state index in [-0.39, 0.29) is 0 Å². The molecule has 0 bridgehead atoms. The van der Waals surface area contributed by atoms with Crippen molar-refractivity contribution in [1.29, 1.82) is 0 Å². The zero-order valence-corrected chi connectivity index (χ0v) is 13.1. The van der Waals surface area contributed by atoms with Crippen LogP contribution >= 0.6 is 0 Å². The van der Waals surface area contributed by atoms with Gasteiger partial charge in [-0.05, 0) is 47.4 Å². The molecule has 3 unspecified atom stereocenters. The first-order valence-corrected chi connectivity index (χ1v) is 8.49. The highest BCUT2D eigenvalue weighted by atomic mass is 14.7. The highest BCUT2D eigenvalue weighted by Gasteiger charge is 2.25. The summed E-state index contributed by atoms with van der Waals surface area (Å²) in [5, 5.41) is 2.65. The molecule has 112 valence electrons. The average Bonchev–Trinajstić information content (AvgIpc) is 2.54. The fourth-order valence-electron chi connectivity index (χ4n) is 3.90. The van der Waals surface area contributed by atoms with E-state index in [0.29, 0.717) is 6.04 Å². The lowest BCUT2D eigenvalue weighted by Crippen LogP contribution is -2.35. The van der Waals surface area contributed by atoms with Gasteiger partial charge in [-0.3, -0.25) is 0 Å².